The lowest BCUT2D eigenvalue weighted by atomic mass is 10.2. The van der Waals surface area contributed by atoms with Crippen molar-refractivity contribution in [2.75, 3.05) is 11.9 Å². The Morgan fingerprint density at radius 2 is 2.08 bits per heavy atom. The van der Waals surface area contributed by atoms with Gasteiger partial charge in [-0.15, -0.1) is 0 Å². The van der Waals surface area contributed by atoms with E-state index >= 15 is 0 Å². The van der Waals surface area contributed by atoms with Crippen molar-refractivity contribution in [3.8, 4) is 0 Å². The lowest BCUT2D eigenvalue weighted by Gasteiger charge is -2.14. The van der Waals surface area contributed by atoms with Crippen LogP contribution in [0.15, 0.2) is 47.4 Å². The first-order chi connectivity index (χ1) is 11.6. The molecule has 3 atom stereocenters. The van der Waals surface area contributed by atoms with Gasteiger partial charge in [0.1, 0.15) is 18.1 Å². The van der Waals surface area contributed by atoms with E-state index in [0.29, 0.717) is 5.56 Å². The first-order valence-electron chi connectivity index (χ1n) is 7.48. The lowest BCUT2D eigenvalue weighted by molar-refractivity contribution is -0.0458. The molecule has 8 heteroatoms. The predicted octanol–water partition coefficient (Wildman–Crippen LogP) is 0.136. The maximum atomic E-state index is 12.1. The average molecular weight is 332 g/mol. The van der Waals surface area contributed by atoms with Crippen LogP contribution < -0.4 is 11.0 Å². The summed E-state index contributed by atoms with van der Waals surface area (Å²) >= 11 is 0. The molecule has 0 unspecified atom stereocenters. The van der Waals surface area contributed by atoms with Crippen LogP contribution in [0.4, 0.5) is 5.82 Å². The van der Waals surface area contributed by atoms with Crippen LogP contribution in [0.2, 0.25) is 0 Å². The minimum atomic E-state index is -0.843. The van der Waals surface area contributed by atoms with Crippen LogP contribution in [0.3, 0.4) is 0 Å². The third kappa shape index (κ3) is 3.35. The van der Waals surface area contributed by atoms with E-state index in [0.717, 1.165) is 0 Å². The van der Waals surface area contributed by atoms with Crippen molar-refractivity contribution in [2.24, 2.45) is 0 Å². The number of carbonyl (C=O) groups is 1. The van der Waals surface area contributed by atoms with Gasteiger partial charge in [-0.3, -0.25) is 9.36 Å². The number of aromatic nitrogens is 2. The maximum Gasteiger partial charge on any atom is 0.351 e. The van der Waals surface area contributed by atoms with Crippen LogP contribution in [-0.2, 0) is 4.74 Å². The third-order valence-electron chi connectivity index (χ3n) is 3.80. The Bertz CT molecular complexity index is 777. The number of ether oxygens (including phenoxy) is 1. The van der Waals surface area contributed by atoms with E-state index in [1.165, 1.54) is 16.8 Å². The molecule has 0 aliphatic carbocycles. The molecule has 3 rings (SSSR count). The molecule has 3 N–H and O–H groups in total. The second-order valence-electron chi connectivity index (χ2n) is 5.44. The van der Waals surface area contributed by atoms with Gasteiger partial charge in [0.05, 0.1) is 12.7 Å². The Hall–Kier alpha value is -2.55. The first-order valence-corrected chi connectivity index (χ1v) is 7.48. The summed E-state index contributed by atoms with van der Waals surface area (Å²) < 4.78 is 6.63. The van der Waals surface area contributed by atoms with Gasteiger partial charge in [-0.05, 0) is 18.2 Å². The largest absolute Gasteiger partial charge is 0.394 e. The fourth-order valence-electron chi connectivity index (χ4n) is 2.53. The molecule has 1 aliphatic rings. The van der Waals surface area contributed by atoms with E-state index in [-0.39, 0.29) is 24.8 Å². The number of hydrogen-bond acceptors (Lipinski definition) is 6. The van der Waals surface area contributed by atoms with Crippen LogP contribution in [0.1, 0.15) is 23.0 Å². The van der Waals surface area contributed by atoms with Gasteiger partial charge in [0.15, 0.2) is 0 Å². The number of rotatable bonds is 4. The molecule has 1 saturated heterocycles. The number of amides is 1. The Balaban J connectivity index is 1.74. The molecule has 1 aliphatic heterocycles. The zero-order valence-corrected chi connectivity index (χ0v) is 12.7. The van der Waals surface area contributed by atoms with Crippen molar-refractivity contribution in [3.05, 3.63) is 58.6 Å². The van der Waals surface area contributed by atoms with Crippen molar-refractivity contribution in [2.45, 2.75) is 24.9 Å². The fraction of sp³-hybridized carbons (Fsp3) is 0.312. The van der Waals surface area contributed by atoms with E-state index in [1.54, 1.807) is 30.3 Å². The summed E-state index contributed by atoms with van der Waals surface area (Å²) in [6.07, 6.45) is -0.643. The maximum absolute atomic E-state index is 12.1. The van der Waals surface area contributed by atoms with Gasteiger partial charge in [0.25, 0.3) is 5.91 Å². The highest BCUT2D eigenvalue weighted by Gasteiger charge is 2.34. The lowest BCUT2D eigenvalue weighted by Crippen LogP contribution is -2.28. The number of hydrogen-bond donors (Lipinski definition) is 3. The van der Waals surface area contributed by atoms with Crippen LogP contribution in [-0.4, -0.2) is 44.5 Å². The summed E-state index contributed by atoms with van der Waals surface area (Å²) in [5.74, 6) is -0.240. The number of nitrogens with one attached hydrogen (secondary N) is 1. The van der Waals surface area contributed by atoms with Crippen molar-refractivity contribution in [1.29, 1.82) is 0 Å². The number of benzene rings is 1. The molecule has 0 saturated carbocycles. The quantitative estimate of drug-likeness (QED) is 0.686. The van der Waals surface area contributed by atoms with Gasteiger partial charge in [0.2, 0.25) is 0 Å². The highest BCUT2D eigenvalue weighted by molar-refractivity contribution is 6.03. The molecule has 0 radical (unpaired) electrons. The van der Waals surface area contributed by atoms with Gasteiger partial charge in [-0.25, -0.2) is 4.79 Å². The third-order valence-corrected chi connectivity index (χ3v) is 3.80. The highest BCUT2D eigenvalue weighted by atomic mass is 16.6. The number of aliphatic hydroxyl groups is 2. The molecule has 1 aromatic heterocycles. The Morgan fingerprint density at radius 1 is 1.33 bits per heavy atom. The number of nitrogens with zero attached hydrogens (tertiary/aromatic N) is 2. The van der Waals surface area contributed by atoms with E-state index in [4.69, 9.17) is 9.84 Å². The molecule has 2 heterocycles. The standard InChI is InChI=1S/C16H17N3O5/c20-9-12-11(21)8-14(24-12)19-7-6-13(18-16(19)23)17-15(22)10-4-2-1-3-5-10/h1-7,11-12,14,20-21H,8-9H2,(H,17,18,22,23)/t11-,12+,14+/m0/s1/i9+1. The molecule has 1 fully saturated rings. The highest BCUT2D eigenvalue weighted by Crippen LogP contribution is 2.27. The van der Waals surface area contributed by atoms with Crippen LogP contribution in [0, 0.1) is 0 Å². The topological polar surface area (TPSA) is 114 Å². The Kier molecular flexibility index (Phi) is 4.70. The molecule has 0 bridgehead atoms. The first kappa shape index (κ1) is 16.3. The summed E-state index contributed by atoms with van der Waals surface area (Å²) in [5.41, 5.74) is -0.159. The van der Waals surface area contributed by atoms with E-state index in [1.807, 2.05) is 0 Å². The molecule has 0 spiro atoms. The summed E-state index contributed by atoms with van der Waals surface area (Å²) in [5, 5.41) is 21.4. The molecule has 1 amide bonds. The van der Waals surface area contributed by atoms with Gasteiger partial charge < -0.3 is 20.3 Å². The molecular weight excluding hydrogens is 315 g/mol. The van der Waals surface area contributed by atoms with Crippen LogP contribution in [0.25, 0.3) is 0 Å². The van der Waals surface area contributed by atoms with Crippen LogP contribution >= 0.6 is 0 Å². The molecule has 2 aromatic rings. The Morgan fingerprint density at radius 3 is 2.71 bits per heavy atom. The molecule has 1 aromatic carbocycles. The molecule has 24 heavy (non-hydrogen) atoms. The van der Waals surface area contributed by atoms with Gasteiger partial charge in [-0.2, -0.15) is 4.98 Å². The molecule has 126 valence electrons. The minimum absolute atomic E-state index is 0.127. The second kappa shape index (κ2) is 6.91. The zero-order chi connectivity index (χ0) is 17.1. The summed E-state index contributed by atoms with van der Waals surface area (Å²) in [7, 11) is 0. The Labute approximate surface area is 137 Å². The SMILES string of the molecule is O=C(Nc1ccn([C@H]2C[C@H](O)[C@@H]([13CH2]O)O2)c(=O)n1)c1ccccc1. The summed E-state index contributed by atoms with van der Waals surface area (Å²) in [4.78, 5) is 28.0. The van der Waals surface area contributed by atoms with E-state index in [9.17, 15) is 14.7 Å². The average Bonchev–Trinajstić information content (AvgIpc) is 2.96. The minimum Gasteiger partial charge on any atom is -0.394 e. The smallest absolute Gasteiger partial charge is 0.351 e. The number of aliphatic hydroxyl groups excluding tert-OH is 2. The molecular formula is C16H17N3O5. The molecule has 8 nitrogen and oxygen atoms in total. The van der Waals surface area contributed by atoms with Gasteiger partial charge in [0, 0.05) is 18.2 Å². The van der Waals surface area contributed by atoms with Crippen molar-refractivity contribution >= 4 is 11.7 Å². The zero-order valence-electron chi connectivity index (χ0n) is 12.7. The monoisotopic (exact) mass is 332 g/mol. The van der Waals surface area contributed by atoms with Crippen LogP contribution in [0.5, 0.6) is 0 Å². The normalized spacial score (nSPS) is 23.2. The van der Waals surface area contributed by atoms with Crippen molar-refractivity contribution < 1.29 is 19.7 Å². The van der Waals surface area contributed by atoms with Crippen molar-refractivity contribution in [3.63, 3.8) is 0 Å². The number of carbonyl (C=O) groups excluding carboxylic acids is 1. The van der Waals surface area contributed by atoms with E-state index in [2.05, 4.69) is 10.3 Å². The van der Waals surface area contributed by atoms with Gasteiger partial charge in [-0.1, -0.05) is 18.2 Å². The fourth-order valence-corrected chi connectivity index (χ4v) is 2.53. The van der Waals surface area contributed by atoms with E-state index < -0.39 is 24.1 Å². The number of anilines is 1. The van der Waals surface area contributed by atoms with Gasteiger partial charge >= 0.3 is 5.69 Å². The summed E-state index contributed by atoms with van der Waals surface area (Å²) in [6.45, 7) is -0.328. The summed E-state index contributed by atoms with van der Waals surface area (Å²) in [6, 6.07) is 10.1. The second-order valence-corrected chi connectivity index (χ2v) is 5.44. The predicted molar refractivity (Wildman–Crippen MR) is 84.5 cm³/mol. The van der Waals surface area contributed by atoms with Crippen molar-refractivity contribution in [1.82, 2.24) is 9.55 Å².